The molecule has 0 aliphatic carbocycles. The molecule has 0 saturated carbocycles. The molecule has 568 valence electrons. The van der Waals surface area contributed by atoms with Gasteiger partial charge in [-0.3, -0.25) is 24.0 Å². The highest BCUT2D eigenvalue weighted by molar-refractivity contribution is 5.86. The van der Waals surface area contributed by atoms with Crippen molar-refractivity contribution in [3.63, 3.8) is 0 Å². The number of fused-ring (bicyclic) bond motifs is 2. The first-order valence-electron chi connectivity index (χ1n) is 35.8. The molecule has 0 aromatic carbocycles. The zero-order valence-electron chi connectivity index (χ0n) is 63.6. The zero-order chi connectivity index (χ0) is 74.9. The van der Waals surface area contributed by atoms with E-state index in [1.807, 2.05) is 86.5 Å². The predicted molar refractivity (Wildman–Crippen MR) is 364 cm³/mol. The maximum atomic E-state index is 14.2. The molecule has 6 aliphatic rings. The van der Waals surface area contributed by atoms with Crippen LogP contribution in [-0.2, 0) is 85.6 Å². The quantitative estimate of drug-likeness (QED) is 0.0641. The Morgan fingerprint density at radius 1 is 0.586 bits per heavy atom. The van der Waals surface area contributed by atoms with Gasteiger partial charge in [0.1, 0.15) is 48.2 Å². The fourth-order valence-corrected chi connectivity index (χ4v) is 16.3. The van der Waals surface area contributed by atoms with Gasteiger partial charge in [0.15, 0.2) is 23.8 Å². The van der Waals surface area contributed by atoms with Crippen LogP contribution in [0, 0.1) is 47.3 Å². The molecule has 0 aromatic rings. The Kier molecular flexibility index (Phi) is 30.4. The summed E-state index contributed by atoms with van der Waals surface area (Å²) in [6.45, 7) is 37.7. The average molecular weight is 1410 g/mol. The summed E-state index contributed by atoms with van der Waals surface area (Å²) in [5, 5.41) is 28.5. The Balaban J connectivity index is 0.000000359. The number of ketones is 2. The van der Waals surface area contributed by atoms with Crippen molar-refractivity contribution >= 4 is 47.6 Å². The van der Waals surface area contributed by atoms with Gasteiger partial charge in [-0.25, -0.2) is 14.4 Å². The maximum Gasteiger partial charge on any atom is 0.408 e. The van der Waals surface area contributed by atoms with Gasteiger partial charge in [0.05, 0.1) is 66.0 Å². The summed E-state index contributed by atoms with van der Waals surface area (Å²) < 4.78 is 74.0. The van der Waals surface area contributed by atoms with E-state index in [0.717, 1.165) is 19.2 Å². The van der Waals surface area contributed by atoms with Gasteiger partial charge in [-0.05, 0) is 135 Å². The number of nitrogens with zero attached hydrogens (tertiary/aromatic N) is 3. The minimum absolute atomic E-state index is 0.0919. The van der Waals surface area contributed by atoms with Crippen LogP contribution in [0.2, 0.25) is 0 Å². The van der Waals surface area contributed by atoms with Crippen molar-refractivity contribution in [2.75, 3.05) is 62.0 Å². The second-order valence-corrected chi connectivity index (χ2v) is 30.1. The van der Waals surface area contributed by atoms with E-state index >= 15 is 0 Å². The van der Waals surface area contributed by atoms with Crippen LogP contribution >= 0.6 is 0 Å². The van der Waals surface area contributed by atoms with E-state index in [1.54, 1.807) is 76.2 Å². The summed E-state index contributed by atoms with van der Waals surface area (Å²) in [5.74, 6) is -9.17. The number of hydrogen-bond acceptors (Lipinski definition) is 25. The third-order valence-corrected chi connectivity index (χ3v) is 22.4. The number of likely N-dealkylation sites (N-methyl/N-ethyl adjacent to an activating group) is 2. The molecule has 28 atom stereocenters. The summed E-state index contributed by atoms with van der Waals surface area (Å²) >= 11 is 0. The van der Waals surface area contributed by atoms with E-state index in [1.165, 1.54) is 14.2 Å². The molecule has 99 heavy (non-hydrogen) atoms. The summed E-state index contributed by atoms with van der Waals surface area (Å²) in [7, 11) is 10.5. The van der Waals surface area contributed by atoms with Crippen molar-refractivity contribution in [2.45, 2.75) is 290 Å². The molecule has 0 spiro atoms. The minimum atomic E-state index is -1.36. The second-order valence-electron chi connectivity index (χ2n) is 30.1. The first-order chi connectivity index (χ1) is 46.1. The molecule has 4 N–H and O–H groups in total. The number of carbonyl (C=O) groups excluding carboxylic acids is 8. The van der Waals surface area contributed by atoms with E-state index in [9.17, 15) is 48.6 Å². The number of carbonyl (C=O) groups is 8. The van der Waals surface area contributed by atoms with Crippen molar-refractivity contribution in [3.05, 3.63) is 12.7 Å². The lowest BCUT2D eigenvalue weighted by Crippen LogP contribution is -2.61. The van der Waals surface area contributed by atoms with Gasteiger partial charge in [0.2, 0.25) is 0 Å². The topological polar surface area (TPSA) is 322 Å². The minimum Gasteiger partial charge on any atom is -0.461 e. The monoisotopic (exact) mass is 1410 g/mol. The number of alkyl carbamates (subject to hydrolysis) is 2. The molecule has 6 heterocycles. The molecule has 0 radical (unpaired) electrons. The number of esters is 4. The number of hydrogen-bond donors (Lipinski definition) is 4. The van der Waals surface area contributed by atoms with E-state index in [4.69, 9.17) is 56.8 Å². The molecule has 6 saturated heterocycles. The number of aliphatic hydroxyl groups excluding tert-OH is 2. The smallest absolute Gasteiger partial charge is 0.408 e. The number of ether oxygens (including phenoxy) is 12. The van der Waals surface area contributed by atoms with Gasteiger partial charge in [0, 0.05) is 74.4 Å². The fraction of sp³-hybridized carbons (Fsp3) is 0.861. The first-order valence-corrected chi connectivity index (χ1v) is 35.8. The van der Waals surface area contributed by atoms with Crippen molar-refractivity contribution in [1.82, 2.24) is 25.3 Å². The van der Waals surface area contributed by atoms with Crippen LogP contribution in [0.25, 0.3) is 0 Å². The van der Waals surface area contributed by atoms with Gasteiger partial charge < -0.3 is 92.4 Å². The highest BCUT2D eigenvalue weighted by Gasteiger charge is 2.60. The first kappa shape index (κ1) is 84.7. The van der Waals surface area contributed by atoms with Crippen LogP contribution in [0.4, 0.5) is 9.59 Å². The van der Waals surface area contributed by atoms with Crippen LogP contribution < -0.4 is 10.6 Å². The van der Waals surface area contributed by atoms with Gasteiger partial charge in [-0.2, -0.15) is 0 Å². The molecule has 0 unspecified atom stereocenters. The van der Waals surface area contributed by atoms with E-state index in [2.05, 4.69) is 22.1 Å². The lowest BCUT2D eigenvalue weighted by atomic mass is 9.73. The molecule has 6 fully saturated rings. The highest BCUT2D eigenvalue weighted by Crippen LogP contribution is 2.45. The van der Waals surface area contributed by atoms with Gasteiger partial charge in [-0.1, -0.05) is 75.8 Å². The molecule has 27 nitrogen and oxygen atoms in total. The predicted octanol–water partition coefficient (Wildman–Crippen LogP) is 6.56. The standard InChI is InChI=1S/C38H67N3O11.C34H56N2O11/c1-14-27-38(10)32(39-36(46)52-38)23(6)29(43)21(4)20-37(9,47-13)33(51-35-30(44)26(40(11)12)19-22(5)48-35)24(7)31(25(8)34(45)49-27)50-28(42)17-18-41(15-2)16-3;1-13-23-34(9)28(35-32(41)47-34)19(5)25(38)17(3)16-33(8,42-12)29(46-31-26(39)22(36(10)11)15-18(4)43-31)20(6)27(45-24(37)14-2)21(7)30(40)44-23/h21-27,30-33,35,44H,14-20H2,1-13H3,(H,39,46);14,17-23,26-29,31,39H,2,13,15-16H2,1,3-12H3,(H,35,41)/t21-,22-,23+,24+,25-,26+,27-,30-,31+,32-,33-,35+,37-,38-;17-,18-,19+,20+,21-,22+,23-,26-,27+,28-,29-,31+,33-,34-/m11/s1. The van der Waals surface area contributed by atoms with Crippen molar-refractivity contribution in [1.29, 1.82) is 0 Å². The average Bonchev–Trinajstić information content (AvgIpc) is 1.72. The van der Waals surface area contributed by atoms with E-state index in [0.29, 0.717) is 19.4 Å². The molecule has 2 amide bonds. The number of amides is 2. The van der Waals surface area contributed by atoms with Crippen molar-refractivity contribution in [2.24, 2.45) is 47.3 Å². The molecule has 0 bridgehead atoms. The number of aliphatic hydroxyl groups is 2. The Morgan fingerprint density at radius 3 is 1.27 bits per heavy atom. The van der Waals surface area contributed by atoms with Gasteiger partial charge in [0.25, 0.3) is 0 Å². The largest absolute Gasteiger partial charge is 0.461 e. The van der Waals surface area contributed by atoms with Crippen molar-refractivity contribution < 1.29 is 105 Å². The lowest BCUT2D eigenvalue weighted by Gasteiger charge is -2.48. The van der Waals surface area contributed by atoms with Crippen LogP contribution in [0.15, 0.2) is 12.7 Å². The van der Waals surface area contributed by atoms with E-state index in [-0.39, 0.29) is 68.0 Å². The summed E-state index contributed by atoms with van der Waals surface area (Å²) in [4.78, 5) is 114. The summed E-state index contributed by atoms with van der Waals surface area (Å²) in [6.07, 6.45) is -9.10. The third kappa shape index (κ3) is 19.3. The van der Waals surface area contributed by atoms with Crippen LogP contribution in [-0.4, -0.2) is 255 Å². The SMILES string of the molecule is C=CC(=O)O[C@H]1[C@H](C)[C@@H](O[C@@H]2O[C@H](C)C[C@H](N(C)C)[C@H]2O)[C@](C)(OC)C[C@@H](C)C(=O)[C@H](C)[C@H]2NC(=O)O[C@]2(C)[C@@H](CC)OC(=O)[C@@H]1C.CC[C@H]1OC(=O)[C@H](C)[C@@H](OC(=O)CCN(CC)CC)[C@H](C)[C@@H](O[C@@H]2O[C@H](C)C[C@H](N(C)C)[C@H]2O)[C@](C)(OC)C[C@@H](C)C(=O)[C@H](C)[C@H]2NC(=O)O[C@@]21C. The molecule has 0 aromatic heterocycles. The number of methoxy groups -OCH3 is 2. The number of cyclic esters (lactones) is 2. The Hall–Kier alpha value is -4.94. The number of nitrogens with one attached hydrogen (secondary N) is 2. The molecular weight excluding hydrogens is 1290 g/mol. The highest BCUT2D eigenvalue weighted by atomic mass is 16.7. The Labute approximate surface area is 588 Å². The molecule has 27 heteroatoms. The molecular formula is C72H123N5O22. The second kappa shape index (κ2) is 35.5. The molecule has 6 aliphatic heterocycles. The lowest BCUT2D eigenvalue weighted by molar-refractivity contribution is -0.301. The number of Topliss-reactive ketones (excluding diaryl/α,β-unsaturated/α-hetero) is 2. The van der Waals surface area contributed by atoms with Gasteiger partial charge in [-0.15, -0.1) is 0 Å². The number of rotatable bonds is 18. The van der Waals surface area contributed by atoms with Gasteiger partial charge >= 0.3 is 36.1 Å². The molecule has 6 rings (SSSR count). The van der Waals surface area contributed by atoms with Crippen LogP contribution in [0.1, 0.15) is 170 Å². The van der Waals surface area contributed by atoms with Crippen LogP contribution in [0.5, 0.6) is 0 Å². The zero-order valence-corrected chi connectivity index (χ0v) is 63.6. The summed E-state index contributed by atoms with van der Waals surface area (Å²) in [5.41, 5.74) is -5.17. The third-order valence-electron chi connectivity index (χ3n) is 22.4. The summed E-state index contributed by atoms with van der Waals surface area (Å²) in [6, 6.07) is -2.15. The van der Waals surface area contributed by atoms with E-state index < -0.39 is 179 Å². The maximum absolute atomic E-state index is 14.2. The van der Waals surface area contributed by atoms with Crippen LogP contribution in [0.3, 0.4) is 0 Å². The Morgan fingerprint density at radius 2 is 0.949 bits per heavy atom. The Bertz CT molecular complexity index is 2760. The van der Waals surface area contributed by atoms with Crippen molar-refractivity contribution in [3.8, 4) is 0 Å². The normalized spacial score (nSPS) is 42.2. The fourth-order valence-electron chi connectivity index (χ4n) is 16.3.